The minimum atomic E-state index is -0.303. The van der Waals surface area contributed by atoms with Crippen molar-refractivity contribution < 1.29 is 4.39 Å². The zero-order valence-electron chi connectivity index (χ0n) is 10.7. The average molecular weight is 277 g/mol. The van der Waals surface area contributed by atoms with Gasteiger partial charge in [0.25, 0.3) is 0 Å². The van der Waals surface area contributed by atoms with Crippen LogP contribution in [0, 0.1) is 5.82 Å². The van der Waals surface area contributed by atoms with E-state index in [0.29, 0.717) is 11.4 Å². The normalized spacial score (nSPS) is 22.5. The molecule has 0 spiro atoms. The number of hydrogen-bond donors (Lipinski definition) is 0. The largest absolute Gasteiger partial charge is 0.345 e. The van der Waals surface area contributed by atoms with Crippen LogP contribution in [0.3, 0.4) is 0 Å². The van der Waals surface area contributed by atoms with Crippen LogP contribution in [0.15, 0.2) is 24.4 Å². The molecule has 19 heavy (non-hydrogen) atoms. The molecule has 0 saturated heterocycles. The Bertz CT molecular complexity index is 716. The molecule has 2 aliphatic rings. The lowest BCUT2D eigenvalue weighted by atomic mass is 9.89. The van der Waals surface area contributed by atoms with Gasteiger partial charge in [0.1, 0.15) is 0 Å². The van der Waals surface area contributed by atoms with Gasteiger partial charge in [-0.15, -0.1) is 0 Å². The molecule has 0 radical (unpaired) electrons. The quantitative estimate of drug-likeness (QED) is 0.715. The zero-order valence-corrected chi connectivity index (χ0v) is 11.4. The van der Waals surface area contributed by atoms with E-state index < -0.39 is 0 Å². The molecule has 1 atom stereocenters. The van der Waals surface area contributed by atoms with Crippen molar-refractivity contribution in [1.29, 1.82) is 0 Å². The number of rotatable bonds is 0. The Hall–Kier alpha value is -1.32. The van der Waals surface area contributed by atoms with E-state index in [9.17, 15) is 4.39 Å². The fourth-order valence-electron chi connectivity index (χ4n) is 3.38. The van der Waals surface area contributed by atoms with Crippen LogP contribution in [0.2, 0.25) is 5.02 Å². The molecule has 2 aliphatic heterocycles. The van der Waals surface area contributed by atoms with E-state index in [2.05, 4.69) is 22.6 Å². The summed E-state index contributed by atoms with van der Waals surface area (Å²) in [6.45, 7) is 1.96. The van der Waals surface area contributed by atoms with E-state index in [1.54, 1.807) is 6.07 Å². The predicted molar refractivity (Wildman–Crippen MR) is 75.9 cm³/mol. The van der Waals surface area contributed by atoms with Crippen LogP contribution in [0.5, 0.6) is 0 Å². The maximum Gasteiger partial charge on any atom is 0.151 e. The summed E-state index contributed by atoms with van der Waals surface area (Å²) in [7, 11) is 2.15. The van der Waals surface area contributed by atoms with Crippen molar-refractivity contribution in [2.24, 2.45) is 0 Å². The van der Waals surface area contributed by atoms with Gasteiger partial charge in [-0.2, -0.15) is 0 Å². The van der Waals surface area contributed by atoms with Crippen LogP contribution in [0.1, 0.15) is 12.0 Å². The molecule has 0 aliphatic carbocycles. The van der Waals surface area contributed by atoms with Crippen LogP contribution in [-0.4, -0.2) is 29.1 Å². The summed E-state index contributed by atoms with van der Waals surface area (Å²) in [5.41, 5.74) is 3.38. The molecule has 2 aromatic rings. The summed E-state index contributed by atoms with van der Waals surface area (Å²) in [4.78, 5) is 2.36. The third-order valence-corrected chi connectivity index (χ3v) is 4.63. The highest BCUT2D eigenvalue weighted by Crippen LogP contribution is 2.40. The Balaban J connectivity index is 2.07. The number of fused-ring (bicyclic) bond motifs is 2. The summed E-state index contributed by atoms with van der Waals surface area (Å²) in [5.74, 6) is -0.303. The van der Waals surface area contributed by atoms with Crippen molar-refractivity contribution in [3.05, 3.63) is 40.8 Å². The Morgan fingerprint density at radius 2 is 2.26 bits per heavy atom. The van der Waals surface area contributed by atoms with Crippen molar-refractivity contribution in [2.75, 3.05) is 13.6 Å². The van der Waals surface area contributed by atoms with Gasteiger partial charge in [-0.3, -0.25) is 4.90 Å². The molecule has 0 fully saturated rings. The first-order valence-electron chi connectivity index (χ1n) is 6.54. The number of likely N-dealkylation sites (N-methyl/N-ethyl adjacent to an activating group) is 1. The highest BCUT2D eigenvalue weighted by atomic mass is 35.5. The maximum absolute atomic E-state index is 14.1. The second kappa shape index (κ2) is 3.84. The minimum absolute atomic E-state index is 0.218. The monoisotopic (exact) mass is 276 g/mol. The zero-order chi connectivity index (χ0) is 13.1. The molecule has 4 heteroatoms. The molecule has 1 unspecified atom stereocenters. The first-order chi connectivity index (χ1) is 9.16. The van der Waals surface area contributed by atoms with Gasteiger partial charge in [-0.05, 0) is 31.2 Å². The van der Waals surface area contributed by atoms with Crippen LogP contribution in [-0.2, 0) is 6.54 Å². The maximum atomic E-state index is 14.1. The van der Waals surface area contributed by atoms with Gasteiger partial charge in [0, 0.05) is 30.2 Å². The summed E-state index contributed by atoms with van der Waals surface area (Å²) in [6, 6.07) is 3.99. The number of nitrogens with zero attached hydrogens (tertiary/aromatic N) is 2. The lowest BCUT2D eigenvalue weighted by molar-refractivity contribution is 0.260. The third kappa shape index (κ3) is 1.46. The fraction of sp³-hybridized carbons (Fsp3) is 0.333. The van der Waals surface area contributed by atoms with Crippen molar-refractivity contribution in [2.45, 2.75) is 19.0 Å². The van der Waals surface area contributed by atoms with Gasteiger partial charge in [0.2, 0.25) is 0 Å². The van der Waals surface area contributed by atoms with Gasteiger partial charge in [0.15, 0.2) is 5.82 Å². The minimum Gasteiger partial charge on any atom is -0.345 e. The molecule has 0 amide bonds. The number of hydrogen-bond acceptors (Lipinski definition) is 1. The molecule has 2 nitrogen and oxygen atoms in total. The topological polar surface area (TPSA) is 8.17 Å². The predicted octanol–water partition coefficient (Wildman–Crippen LogP) is 3.53. The summed E-state index contributed by atoms with van der Waals surface area (Å²) >= 11 is 6.05. The van der Waals surface area contributed by atoms with Crippen molar-refractivity contribution >= 4 is 28.1 Å². The van der Waals surface area contributed by atoms with Crippen LogP contribution in [0.4, 0.5) is 4.39 Å². The Kier molecular flexibility index (Phi) is 2.32. The summed E-state index contributed by atoms with van der Waals surface area (Å²) in [5, 5.41) is 0.852. The molecule has 98 valence electrons. The molecule has 0 saturated carbocycles. The Morgan fingerprint density at radius 1 is 1.42 bits per heavy atom. The van der Waals surface area contributed by atoms with Crippen LogP contribution >= 0.6 is 11.6 Å². The van der Waals surface area contributed by atoms with E-state index >= 15 is 0 Å². The average Bonchev–Trinajstić information content (AvgIpc) is 2.82. The van der Waals surface area contributed by atoms with E-state index in [-0.39, 0.29) is 10.8 Å². The third-order valence-electron chi connectivity index (χ3n) is 4.35. The Morgan fingerprint density at radius 3 is 3.11 bits per heavy atom. The summed E-state index contributed by atoms with van der Waals surface area (Å²) in [6.07, 6.45) is 5.29. The van der Waals surface area contributed by atoms with E-state index in [0.717, 1.165) is 30.6 Å². The SMILES string of the molecule is CN1CCC=C2c3cc(Cl)c(F)c4ccn(c34)CC21. The van der Waals surface area contributed by atoms with Crippen molar-refractivity contribution in [3.63, 3.8) is 0 Å². The molecular weight excluding hydrogens is 263 g/mol. The smallest absolute Gasteiger partial charge is 0.151 e. The molecule has 0 N–H and O–H groups in total. The molecule has 3 heterocycles. The lowest BCUT2D eigenvalue weighted by Crippen LogP contribution is -2.41. The van der Waals surface area contributed by atoms with E-state index in [1.165, 1.54) is 5.57 Å². The second-order valence-electron chi connectivity index (χ2n) is 5.39. The van der Waals surface area contributed by atoms with E-state index in [4.69, 9.17) is 11.6 Å². The van der Waals surface area contributed by atoms with Crippen LogP contribution in [0.25, 0.3) is 16.5 Å². The highest BCUT2D eigenvalue weighted by Gasteiger charge is 2.31. The van der Waals surface area contributed by atoms with Gasteiger partial charge >= 0.3 is 0 Å². The standard InChI is InChI=1S/C15H14ClFN2/c1-18-5-2-3-9-11-7-12(16)14(17)10-4-6-19(15(10)11)8-13(9)18/h3-4,6-7,13H,2,5,8H2,1H3. The molecule has 0 bridgehead atoms. The molecule has 1 aromatic carbocycles. The van der Waals surface area contributed by atoms with E-state index in [1.807, 2.05) is 12.3 Å². The van der Waals surface area contributed by atoms with Gasteiger partial charge in [-0.25, -0.2) is 4.39 Å². The number of halogens is 2. The highest BCUT2D eigenvalue weighted by molar-refractivity contribution is 6.32. The number of benzene rings is 1. The lowest BCUT2D eigenvalue weighted by Gasteiger charge is -2.37. The molecular formula is C15H14ClFN2. The summed E-state index contributed by atoms with van der Waals surface area (Å²) < 4.78 is 16.2. The Labute approximate surface area is 116 Å². The van der Waals surface area contributed by atoms with Crippen LogP contribution < -0.4 is 0 Å². The van der Waals surface area contributed by atoms with Crippen molar-refractivity contribution in [1.82, 2.24) is 9.47 Å². The van der Waals surface area contributed by atoms with Gasteiger partial charge in [-0.1, -0.05) is 17.7 Å². The first-order valence-corrected chi connectivity index (χ1v) is 6.92. The van der Waals surface area contributed by atoms with Crippen molar-refractivity contribution in [3.8, 4) is 0 Å². The fourth-order valence-corrected chi connectivity index (χ4v) is 3.59. The number of aromatic nitrogens is 1. The van der Waals surface area contributed by atoms with Gasteiger partial charge < -0.3 is 4.57 Å². The first kappa shape index (κ1) is 11.5. The molecule has 4 rings (SSSR count). The van der Waals surface area contributed by atoms with Gasteiger partial charge in [0.05, 0.1) is 16.6 Å². The second-order valence-corrected chi connectivity index (χ2v) is 5.80. The molecule has 1 aromatic heterocycles.